The van der Waals surface area contributed by atoms with Crippen molar-refractivity contribution in [1.29, 1.82) is 0 Å². The topological polar surface area (TPSA) is 90.2 Å². The fraction of sp³-hybridized carbons (Fsp3) is 0.167. The van der Waals surface area contributed by atoms with Crippen LogP contribution in [-0.4, -0.2) is 22.0 Å². The lowest BCUT2D eigenvalue weighted by Gasteiger charge is -2.07. The molecular weight excluding hydrogens is 328 g/mol. The summed E-state index contributed by atoms with van der Waals surface area (Å²) in [4.78, 5) is 18.5. The molecule has 0 atom stereocenters. The van der Waals surface area contributed by atoms with Gasteiger partial charge < -0.3 is 10.1 Å². The smallest absolute Gasteiger partial charge is 0.312 e. The molecule has 7 nitrogen and oxygen atoms in total. The molecule has 0 saturated heterocycles. The molecule has 1 N–H and O–H groups in total. The van der Waals surface area contributed by atoms with Crippen molar-refractivity contribution in [2.45, 2.75) is 6.54 Å². The fourth-order valence-electron chi connectivity index (χ4n) is 1.56. The minimum absolute atomic E-state index is 0.0830. The summed E-state index contributed by atoms with van der Waals surface area (Å²) >= 11 is 3.16. The Kier molecular flexibility index (Phi) is 4.46. The molecule has 8 heteroatoms. The van der Waals surface area contributed by atoms with Gasteiger partial charge >= 0.3 is 5.69 Å². The number of hydrogen-bond acceptors (Lipinski definition) is 6. The van der Waals surface area contributed by atoms with E-state index in [1.54, 1.807) is 18.3 Å². The first kappa shape index (κ1) is 14.2. The maximum atomic E-state index is 11.0. The van der Waals surface area contributed by atoms with Gasteiger partial charge in [0, 0.05) is 35.5 Å². The van der Waals surface area contributed by atoms with Gasteiger partial charge in [0.2, 0.25) is 11.7 Å². The summed E-state index contributed by atoms with van der Waals surface area (Å²) in [5, 5.41) is 13.9. The normalized spacial score (nSPS) is 10.1. The third-order valence-electron chi connectivity index (χ3n) is 2.50. The summed E-state index contributed by atoms with van der Waals surface area (Å²) in [5.74, 6) is 0.705. The number of nitrogens with one attached hydrogen (secondary N) is 1. The van der Waals surface area contributed by atoms with Gasteiger partial charge in [0.25, 0.3) is 0 Å². The van der Waals surface area contributed by atoms with Gasteiger partial charge in [-0.05, 0) is 27.6 Å². The van der Waals surface area contributed by atoms with E-state index < -0.39 is 4.92 Å². The highest BCUT2D eigenvalue weighted by molar-refractivity contribution is 9.10. The van der Waals surface area contributed by atoms with Gasteiger partial charge in [0.15, 0.2) is 0 Å². The number of aromatic nitrogens is 2. The molecule has 0 spiro atoms. The third kappa shape index (κ3) is 3.41. The second-order valence-electron chi connectivity index (χ2n) is 3.84. The Balaban J connectivity index is 2.16. The minimum atomic E-state index is -0.479. The lowest BCUT2D eigenvalue weighted by atomic mass is 10.2. The number of hydrogen-bond donors (Lipinski definition) is 1. The van der Waals surface area contributed by atoms with Crippen LogP contribution in [0, 0.1) is 10.1 Å². The number of halogens is 1. The maximum Gasteiger partial charge on any atom is 0.312 e. The summed E-state index contributed by atoms with van der Waals surface area (Å²) in [7, 11) is 1.53. The summed E-state index contributed by atoms with van der Waals surface area (Å²) in [5.41, 5.74) is 0.802. The Morgan fingerprint density at radius 3 is 2.95 bits per heavy atom. The molecule has 0 aliphatic carbocycles. The second kappa shape index (κ2) is 6.29. The van der Waals surface area contributed by atoms with Crippen LogP contribution < -0.4 is 10.1 Å². The molecule has 0 bridgehead atoms. The van der Waals surface area contributed by atoms with Crippen molar-refractivity contribution in [1.82, 2.24) is 9.97 Å². The Labute approximate surface area is 123 Å². The van der Waals surface area contributed by atoms with E-state index in [4.69, 9.17) is 4.74 Å². The van der Waals surface area contributed by atoms with E-state index >= 15 is 0 Å². The minimum Gasteiger partial charge on any atom is -0.481 e. The van der Waals surface area contributed by atoms with E-state index in [-0.39, 0.29) is 11.5 Å². The average Bonchev–Trinajstić information content (AvgIpc) is 2.46. The molecule has 0 aliphatic heterocycles. The van der Waals surface area contributed by atoms with E-state index in [9.17, 15) is 10.1 Å². The van der Waals surface area contributed by atoms with E-state index in [2.05, 4.69) is 31.2 Å². The molecule has 0 unspecified atom stereocenters. The summed E-state index contributed by atoms with van der Waals surface area (Å²) in [6.07, 6.45) is 3.11. The number of methoxy groups -OCH3 is 1. The molecule has 2 heterocycles. The number of rotatable bonds is 5. The number of pyridine rings is 2. The molecular formula is C12H11BrN4O3. The Morgan fingerprint density at radius 1 is 1.45 bits per heavy atom. The quantitative estimate of drug-likeness (QED) is 0.665. The van der Waals surface area contributed by atoms with Crippen LogP contribution in [0.15, 0.2) is 35.1 Å². The number of nitrogens with zero attached hydrogens (tertiary/aromatic N) is 3. The zero-order valence-corrected chi connectivity index (χ0v) is 12.1. The molecule has 20 heavy (non-hydrogen) atoms. The van der Waals surface area contributed by atoms with Crippen molar-refractivity contribution in [3.8, 4) is 5.88 Å². The third-order valence-corrected chi connectivity index (χ3v) is 2.93. The first-order valence-electron chi connectivity index (χ1n) is 5.63. The average molecular weight is 339 g/mol. The monoisotopic (exact) mass is 338 g/mol. The molecule has 0 saturated carbocycles. The van der Waals surface area contributed by atoms with Gasteiger partial charge in [-0.3, -0.25) is 10.1 Å². The van der Waals surface area contributed by atoms with Crippen LogP contribution in [-0.2, 0) is 6.54 Å². The van der Waals surface area contributed by atoms with Crippen molar-refractivity contribution >= 4 is 27.4 Å². The van der Waals surface area contributed by atoms with Crippen LogP contribution in [0.1, 0.15) is 5.56 Å². The van der Waals surface area contributed by atoms with Crippen molar-refractivity contribution in [3.05, 3.63) is 50.7 Å². The highest BCUT2D eigenvalue weighted by Gasteiger charge is 2.15. The highest BCUT2D eigenvalue weighted by Crippen LogP contribution is 2.25. The van der Waals surface area contributed by atoms with Crippen molar-refractivity contribution in [2.75, 3.05) is 12.4 Å². The second-order valence-corrected chi connectivity index (χ2v) is 4.75. The van der Waals surface area contributed by atoms with E-state index in [1.165, 1.54) is 19.4 Å². The van der Waals surface area contributed by atoms with Crippen LogP contribution in [0.5, 0.6) is 5.88 Å². The van der Waals surface area contributed by atoms with Crippen LogP contribution in [0.25, 0.3) is 0 Å². The molecule has 104 valence electrons. The molecule has 0 aliphatic rings. The molecule has 0 amide bonds. The Hall–Kier alpha value is -2.22. The molecule has 0 radical (unpaired) electrons. The first-order valence-corrected chi connectivity index (χ1v) is 6.42. The van der Waals surface area contributed by atoms with Crippen LogP contribution in [0.4, 0.5) is 11.5 Å². The number of nitro groups is 1. The fourth-order valence-corrected chi connectivity index (χ4v) is 1.88. The first-order chi connectivity index (χ1) is 9.60. The number of anilines is 1. The van der Waals surface area contributed by atoms with Crippen LogP contribution in [0.2, 0.25) is 0 Å². The zero-order valence-electron chi connectivity index (χ0n) is 10.5. The summed E-state index contributed by atoms with van der Waals surface area (Å²) in [6, 6.07) is 4.94. The Bertz CT molecular complexity index is 636. The van der Waals surface area contributed by atoms with Gasteiger partial charge in [0.1, 0.15) is 0 Å². The van der Waals surface area contributed by atoms with Gasteiger partial charge in [-0.25, -0.2) is 9.97 Å². The largest absolute Gasteiger partial charge is 0.481 e. The molecule has 2 aromatic rings. The van der Waals surface area contributed by atoms with Crippen molar-refractivity contribution in [2.24, 2.45) is 0 Å². The molecule has 0 aromatic carbocycles. The van der Waals surface area contributed by atoms with Crippen molar-refractivity contribution < 1.29 is 9.66 Å². The number of ether oxygens (including phenoxy) is 1. The van der Waals surface area contributed by atoms with Gasteiger partial charge in [-0.1, -0.05) is 0 Å². The van der Waals surface area contributed by atoms with E-state index in [0.29, 0.717) is 16.9 Å². The van der Waals surface area contributed by atoms with Crippen molar-refractivity contribution in [3.63, 3.8) is 0 Å². The SMILES string of the molecule is COc1cc(CNc2ncc(Br)cc2[N+](=O)[O-])ccn1. The van der Waals surface area contributed by atoms with E-state index in [1.807, 2.05) is 0 Å². The van der Waals surface area contributed by atoms with Gasteiger partial charge in [-0.2, -0.15) is 0 Å². The van der Waals surface area contributed by atoms with Gasteiger partial charge in [0.05, 0.1) is 12.0 Å². The molecule has 0 fully saturated rings. The van der Waals surface area contributed by atoms with E-state index in [0.717, 1.165) is 5.56 Å². The predicted molar refractivity (Wildman–Crippen MR) is 76.7 cm³/mol. The Morgan fingerprint density at radius 2 is 2.25 bits per heavy atom. The molecule has 2 rings (SSSR count). The lowest BCUT2D eigenvalue weighted by molar-refractivity contribution is -0.384. The van der Waals surface area contributed by atoms with Crippen LogP contribution in [0.3, 0.4) is 0 Å². The highest BCUT2D eigenvalue weighted by atomic mass is 79.9. The molecule has 2 aromatic heterocycles. The van der Waals surface area contributed by atoms with Crippen LogP contribution >= 0.6 is 15.9 Å². The summed E-state index contributed by atoms with van der Waals surface area (Å²) in [6.45, 7) is 0.383. The lowest BCUT2D eigenvalue weighted by Crippen LogP contribution is -2.05. The maximum absolute atomic E-state index is 11.0. The summed E-state index contributed by atoms with van der Waals surface area (Å²) < 4.78 is 5.57. The zero-order chi connectivity index (χ0) is 14.5. The standard InChI is InChI=1S/C12H11BrN4O3/c1-20-11-4-8(2-3-14-11)6-15-12-10(17(18)19)5-9(13)7-16-12/h2-5,7H,6H2,1H3,(H,15,16). The van der Waals surface area contributed by atoms with Gasteiger partial charge in [-0.15, -0.1) is 0 Å². The predicted octanol–water partition coefficient (Wildman–Crippen LogP) is 2.77.